The van der Waals surface area contributed by atoms with Crippen molar-refractivity contribution in [2.45, 2.75) is 32.6 Å². The van der Waals surface area contributed by atoms with Crippen molar-refractivity contribution in [2.24, 2.45) is 5.73 Å². The number of nitrogens with two attached hydrogens (primary N) is 1. The number of nitrogens with zero attached hydrogens (tertiary/aromatic N) is 4. The molecule has 0 bridgehead atoms. The zero-order valence-electron chi connectivity index (χ0n) is 14.8. The molecule has 1 saturated heterocycles. The molecule has 3 N–H and O–H groups in total. The van der Waals surface area contributed by atoms with E-state index in [9.17, 15) is 4.79 Å². The van der Waals surface area contributed by atoms with Crippen molar-refractivity contribution >= 4 is 53.0 Å². The fourth-order valence-electron chi connectivity index (χ4n) is 2.90. The molecule has 2 aromatic heterocycles. The summed E-state index contributed by atoms with van der Waals surface area (Å²) < 4.78 is 0. The third-order valence-electron chi connectivity index (χ3n) is 4.04. The van der Waals surface area contributed by atoms with Crippen LogP contribution in [-0.4, -0.2) is 45.4 Å². The monoisotopic (exact) mass is 418 g/mol. The summed E-state index contributed by atoms with van der Waals surface area (Å²) in [6.07, 6.45) is 1.93. The number of anilines is 2. The van der Waals surface area contributed by atoms with Crippen molar-refractivity contribution in [3.05, 3.63) is 28.7 Å². The Morgan fingerprint density at radius 3 is 2.73 bits per heavy atom. The number of nitrogens with one attached hydrogen (secondary N) is 1. The summed E-state index contributed by atoms with van der Waals surface area (Å²) in [5, 5.41) is 6.06. The molecule has 1 aliphatic heterocycles. The van der Waals surface area contributed by atoms with Gasteiger partial charge < -0.3 is 16.0 Å². The molecule has 1 amide bonds. The molecule has 0 saturated carbocycles. The van der Waals surface area contributed by atoms with Crippen LogP contribution in [0, 0.1) is 13.8 Å². The molecule has 1 atom stereocenters. The minimum Gasteiger partial charge on any atom is -0.341 e. The third-order valence-corrected chi connectivity index (χ3v) is 4.91. The van der Waals surface area contributed by atoms with Gasteiger partial charge in [-0.05, 0) is 26.7 Å². The van der Waals surface area contributed by atoms with Crippen molar-refractivity contribution in [2.75, 3.05) is 25.0 Å². The van der Waals surface area contributed by atoms with Gasteiger partial charge in [-0.1, -0.05) is 0 Å². The average molecular weight is 419 g/mol. The van der Waals surface area contributed by atoms with Crippen LogP contribution >= 0.6 is 36.2 Å². The molecule has 3 heterocycles. The van der Waals surface area contributed by atoms with Crippen molar-refractivity contribution in [3.8, 4) is 0 Å². The van der Waals surface area contributed by atoms with Crippen molar-refractivity contribution < 1.29 is 4.79 Å². The van der Waals surface area contributed by atoms with Crippen LogP contribution in [0.1, 0.15) is 36.0 Å². The van der Waals surface area contributed by atoms with E-state index in [1.807, 2.05) is 30.2 Å². The summed E-state index contributed by atoms with van der Waals surface area (Å²) in [6, 6.07) is 1.91. The Hall–Kier alpha value is -1.48. The van der Waals surface area contributed by atoms with Gasteiger partial charge in [0, 0.05) is 36.1 Å². The predicted octanol–water partition coefficient (Wildman–Crippen LogP) is 2.80. The lowest BCUT2D eigenvalue weighted by atomic mass is 9.97. The molecule has 2 aromatic rings. The number of thiazole rings is 1. The lowest BCUT2D eigenvalue weighted by Crippen LogP contribution is -2.42. The van der Waals surface area contributed by atoms with Crippen LogP contribution < -0.4 is 11.1 Å². The minimum atomic E-state index is -0.0102. The zero-order chi connectivity index (χ0) is 17.1. The van der Waals surface area contributed by atoms with Crippen LogP contribution in [0.25, 0.3) is 0 Å². The van der Waals surface area contributed by atoms with Crippen LogP contribution in [-0.2, 0) is 4.79 Å². The predicted molar refractivity (Wildman–Crippen MR) is 109 cm³/mol. The number of carbonyl (C=O) groups is 1. The molecule has 1 fully saturated rings. The van der Waals surface area contributed by atoms with Crippen molar-refractivity contribution in [3.63, 3.8) is 0 Å². The maximum atomic E-state index is 11.9. The minimum absolute atomic E-state index is 0. The van der Waals surface area contributed by atoms with E-state index in [0.29, 0.717) is 6.54 Å². The molecule has 7 nitrogen and oxygen atoms in total. The number of likely N-dealkylation sites (tertiary alicyclic amines) is 1. The van der Waals surface area contributed by atoms with Gasteiger partial charge in [-0.3, -0.25) is 4.79 Å². The highest BCUT2D eigenvalue weighted by Crippen LogP contribution is 2.27. The van der Waals surface area contributed by atoms with E-state index in [0.717, 1.165) is 47.5 Å². The van der Waals surface area contributed by atoms with E-state index in [1.165, 1.54) is 0 Å². The fraction of sp³-hybridized carbons (Fsp3) is 0.500. The van der Waals surface area contributed by atoms with Gasteiger partial charge in [-0.2, -0.15) is 0 Å². The molecule has 10 heteroatoms. The number of halogens is 2. The van der Waals surface area contributed by atoms with Crippen LogP contribution in [0.15, 0.2) is 11.4 Å². The van der Waals surface area contributed by atoms with Gasteiger partial charge in [-0.25, -0.2) is 15.0 Å². The highest BCUT2D eigenvalue weighted by Gasteiger charge is 2.26. The van der Waals surface area contributed by atoms with Crippen LogP contribution in [0.3, 0.4) is 0 Å². The zero-order valence-corrected chi connectivity index (χ0v) is 17.2. The molecule has 0 radical (unpaired) electrons. The van der Waals surface area contributed by atoms with Gasteiger partial charge in [0.25, 0.3) is 0 Å². The molecule has 0 aromatic carbocycles. The Bertz CT molecular complexity index is 741. The van der Waals surface area contributed by atoms with Crippen LogP contribution in [0.4, 0.5) is 10.9 Å². The first kappa shape index (κ1) is 22.6. The Morgan fingerprint density at radius 1 is 1.31 bits per heavy atom. The smallest absolute Gasteiger partial charge is 0.236 e. The second-order valence-electron chi connectivity index (χ2n) is 6.05. The van der Waals surface area contributed by atoms with Gasteiger partial charge in [0.2, 0.25) is 5.91 Å². The summed E-state index contributed by atoms with van der Waals surface area (Å²) in [4.78, 5) is 27.3. The molecule has 0 aliphatic carbocycles. The molecule has 1 unspecified atom stereocenters. The fourth-order valence-corrected chi connectivity index (χ4v) is 3.60. The highest BCUT2D eigenvalue weighted by molar-refractivity contribution is 7.13. The van der Waals surface area contributed by atoms with Gasteiger partial charge in [-0.15, -0.1) is 36.2 Å². The SMILES string of the molecule is Cc1cc(Nc2nc(C)cs2)nc(C2CCCN(C(=O)CN)C2)n1.Cl.Cl. The second kappa shape index (κ2) is 10.0. The highest BCUT2D eigenvalue weighted by atomic mass is 35.5. The summed E-state index contributed by atoms with van der Waals surface area (Å²) in [5.74, 6) is 1.66. The summed E-state index contributed by atoms with van der Waals surface area (Å²) in [6.45, 7) is 5.37. The third kappa shape index (κ3) is 5.51. The Kier molecular flexibility index (Phi) is 8.69. The van der Waals surface area contributed by atoms with Gasteiger partial charge in [0.05, 0.1) is 12.2 Å². The molecule has 26 heavy (non-hydrogen) atoms. The molecule has 144 valence electrons. The lowest BCUT2D eigenvalue weighted by molar-refractivity contribution is -0.130. The van der Waals surface area contributed by atoms with Crippen LogP contribution in [0.2, 0.25) is 0 Å². The Labute approximate surface area is 169 Å². The molecular weight excluding hydrogens is 395 g/mol. The standard InChI is InChI=1S/C16H22N6OS.2ClH/c1-10-6-13(21-16-19-11(2)9-24-16)20-15(18-10)12-4-3-5-22(8-12)14(23)7-17;;/h6,9,12H,3-5,7-8,17H2,1-2H3,(H,18,19,20,21);2*1H. The van der Waals surface area contributed by atoms with Crippen molar-refractivity contribution in [1.82, 2.24) is 19.9 Å². The van der Waals surface area contributed by atoms with Crippen LogP contribution in [0.5, 0.6) is 0 Å². The first-order valence-electron chi connectivity index (χ1n) is 8.07. The molecule has 3 rings (SSSR count). The van der Waals surface area contributed by atoms with E-state index in [4.69, 9.17) is 5.73 Å². The number of rotatable bonds is 4. The number of amides is 1. The molecule has 1 aliphatic rings. The number of hydrogen-bond acceptors (Lipinski definition) is 7. The van der Waals surface area contributed by atoms with Crippen molar-refractivity contribution in [1.29, 1.82) is 0 Å². The van der Waals surface area contributed by atoms with E-state index >= 15 is 0 Å². The summed E-state index contributed by atoms with van der Waals surface area (Å²) in [7, 11) is 0. The average Bonchev–Trinajstić information content (AvgIpc) is 2.98. The number of aromatic nitrogens is 3. The summed E-state index contributed by atoms with van der Waals surface area (Å²) in [5.41, 5.74) is 7.37. The summed E-state index contributed by atoms with van der Waals surface area (Å²) >= 11 is 1.55. The van der Waals surface area contributed by atoms with Gasteiger partial charge in [0.15, 0.2) is 5.13 Å². The van der Waals surface area contributed by atoms with E-state index in [1.54, 1.807) is 11.3 Å². The maximum absolute atomic E-state index is 11.9. The van der Waals surface area contributed by atoms with E-state index in [2.05, 4.69) is 20.3 Å². The van der Waals surface area contributed by atoms with E-state index < -0.39 is 0 Å². The normalized spacial score (nSPS) is 16.4. The first-order chi connectivity index (χ1) is 11.5. The molecule has 0 spiro atoms. The maximum Gasteiger partial charge on any atom is 0.236 e. The number of hydrogen-bond donors (Lipinski definition) is 2. The first-order valence-corrected chi connectivity index (χ1v) is 8.95. The quantitative estimate of drug-likeness (QED) is 0.791. The molecular formula is C16H24Cl2N6OS. The largest absolute Gasteiger partial charge is 0.341 e. The number of piperidine rings is 1. The van der Waals surface area contributed by atoms with Gasteiger partial charge in [0.1, 0.15) is 11.6 Å². The Balaban J connectivity index is 0.00000169. The topological polar surface area (TPSA) is 97.0 Å². The van der Waals surface area contributed by atoms with Gasteiger partial charge >= 0.3 is 0 Å². The second-order valence-corrected chi connectivity index (χ2v) is 6.91. The number of carbonyl (C=O) groups excluding carboxylic acids is 1. The number of aryl methyl sites for hydroxylation is 2. The Morgan fingerprint density at radius 2 is 2.08 bits per heavy atom. The lowest BCUT2D eigenvalue weighted by Gasteiger charge is -2.32. The van der Waals surface area contributed by atoms with E-state index in [-0.39, 0.29) is 43.2 Å².